The Balaban J connectivity index is 1.96. The Morgan fingerprint density at radius 1 is 1.40 bits per heavy atom. The van der Waals surface area contributed by atoms with Gasteiger partial charge in [-0.3, -0.25) is 0 Å². The molecule has 84 valence electrons. The van der Waals surface area contributed by atoms with E-state index in [4.69, 9.17) is 0 Å². The molecule has 0 atom stereocenters. The minimum atomic E-state index is -0.160. The van der Waals surface area contributed by atoms with E-state index in [-0.39, 0.29) is 6.10 Å². The van der Waals surface area contributed by atoms with Crippen molar-refractivity contribution in [2.24, 2.45) is 0 Å². The summed E-state index contributed by atoms with van der Waals surface area (Å²) >= 11 is 0. The van der Waals surface area contributed by atoms with E-state index in [9.17, 15) is 5.11 Å². The van der Waals surface area contributed by atoms with Gasteiger partial charge in [-0.15, -0.1) is 5.10 Å². The molecule has 0 bridgehead atoms. The molecular weight excluding hydrogens is 194 g/mol. The molecule has 0 radical (unpaired) electrons. The quantitative estimate of drug-likeness (QED) is 0.765. The molecule has 1 aromatic heterocycles. The molecule has 1 saturated heterocycles. The second-order valence-electron chi connectivity index (χ2n) is 3.90. The smallest absolute Gasteiger partial charge is 0.266 e. The first-order chi connectivity index (χ1) is 7.29. The third kappa shape index (κ3) is 2.44. The predicted octanol–water partition coefficient (Wildman–Crippen LogP) is 0.0442. The Morgan fingerprint density at radius 3 is 2.80 bits per heavy atom. The SMILES string of the molecule is CCCn1nnc(N2CCC(O)CC2)n1. The Hall–Kier alpha value is -1.17. The van der Waals surface area contributed by atoms with Crippen LogP contribution in [0.4, 0.5) is 5.95 Å². The molecule has 0 aromatic carbocycles. The number of hydrogen-bond donors (Lipinski definition) is 1. The summed E-state index contributed by atoms with van der Waals surface area (Å²) in [6, 6.07) is 0. The van der Waals surface area contributed by atoms with Crippen molar-refractivity contribution in [1.29, 1.82) is 0 Å². The molecule has 0 unspecified atom stereocenters. The molecule has 0 spiro atoms. The number of aliphatic hydroxyl groups excluding tert-OH is 1. The van der Waals surface area contributed by atoms with Crippen LogP contribution in [-0.2, 0) is 6.54 Å². The van der Waals surface area contributed by atoms with Crippen molar-refractivity contribution in [3.8, 4) is 0 Å². The van der Waals surface area contributed by atoms with Gasteiger partial charge in [0.2, 0.25) is 0 Å². The van der Waals surface area contributed by atoms with Gasteiger partial charge in [0, 0.05) is 13.1 Å². The molecule has 15 heavy (non-hydrogen) atoms. The van der Waals surface area contributed by atoms with Crippen molar-refractivity contribution in [2.45, 2.75) is 38.8 Å². The summed E-state index contributed by atoms with van der Waals surface area (Å²) in [6.07, 6.45) is 2.44. The summed E-state index contributed by atoms with van der Waals surface area (Å²) in [5, 5.41) is 21.6. The van der Waals surface area contributed by atoms with E-state index in [0.29, 0.717) is 5.95 Å². The monoisotopic (exact) mass is 211 g/mol. The Kier molecular flexibility index (Phi) is 3.15. The average molecular weight is 211 g/mol. The minimum Gasteiger partial charge on any atom is -0.393 e. The molecule has 1 aromatic rings. The first-order valence-electron chi connectivity index (χ1n) is 5.50. The fourth-order valence-electron chi connectivity index (χ4n) is 1.72. The van der Waals surface area contributed by atoms with E-state index in [1.54, 1.807) is 4.80 Å². The topological polar surface area (TPSA) is 67.1 Å². The molecule has 1 N–H and O–H groups in total. The highest BCUT2D eigenvalue weighted by molar-refractivity contribution is 5.26. The number of piperidine rings is 1. The molecule has 6 nitrogen and oxygen atoms in total. The van der Waals surface area contributed by atoms with Gasteiger partial charge in [0.1, 0.15) is 0 Å². The summed E-state index contributed by atoms with van der Waals surface area (Å²) in [7, 11) is 0. The zero-order valence-electron chi connectivity index (χ0n) is 9.00. The number of aryl methyl sites for hydroxylation is 1. The molecule has 1 aliphatic heterocycles. The van der Waals surface area contributed by atoms with Crippen LogP contribution in [0, 0.1) is 0 Å². The van der Waals surface area contributed by atoms with Crippen molar-refractivity contribution in [3.05, 3.63) is 0 Å². The lowest BCUT2D eigenvalue weighted by Crippen LogP contribution is -2.36. The molecule has 1 aliphatic rings. The maximum Gasteiger partial charge on any atom is 0.266 e. The number of nitrogens with zero attached hydrogens (tertiary/aromatic N) is 5. The van der Waals surface area contributed by atoms with Gasteiger partial charge < -0.3 is 10.0 Å². The second-order valence-corrected chi connectivity index (χ2v) is 3.90. The first kappa shape index (κ1) is 10.4. The number of rotatable bonds is 3. The van der Waals surface area contributed by atoms with Gasteiger partial charge in [-0.1, -0.05) is 12.0 Å². The Labute approximate surface area is 88.9 Å². The third-order valence-corrected chi connectivity index (χ3v) is 2.61. The second kappa shape index (κ2) is 4.57. The fourth-order valence-corrected chi connectivity index (χ4v) is 1.72. The number of aromatic nitrogens is 4. The molecule has 1 fully saturated rings. The van der Waals surface area contributed by atoms with E-state index in [1.165, 1.54) is 0 Å². The largest absolute Gasteiger partial charge is 0.393 e. The van der Waals surface area contributed by atoms with Crippen LogP contribution in [0.1, 0.15) is 26.2 Å². The summed E-state index contributed by atoms with van der Waals surface area (Å²) in [6.45, 7) is 4.53. The number of hydrogen-bond acceptors (Lipinski definition) is 5. The van der Waals surface area contributed by atoms with E-state index in [0.717, 1.165) is 38.9 Å². The van der Waals surface area contributed by atoms with E-state index in [1.807, 2.05) is 0 Å². The molecule has 0 amide bonds. The maximum atomic E-state index is 9.37. The average Bonchev–Trinajstić information content (AvgIpc) is 2.68. The van der Waals surface area contributed by atoms with E-state index in [2.05, 4.69) is 27.2 Å². The van der Waals surface area contributed by atoms with Crippen LogP contribution >= 0.6 is 0 Å². The van der Waals surface area contributed by atoms with Crippen LogP contribution in [0.2, 0.25) is 0 Å². The van der Waals surface area contributed by atoms with Gasteiger partial charge in [0.05, 0.1) is 12.6 Å². The lowest BCUT2D eigenvalue weighted by molar-refractivity contribution is 0.145. The van der Waals surface area contributed by atoms with E-state index < -0.39 is 0 Å². The standard InChI is InChI=1S/C9H17N5O/c1-2-5-14-11-9(10-12-14)13-6-3-8(15)4-7-13/h8,15H,2-7H2,1H3. The molecular formula is C9H17N5O. The Morgan fingerprint density at radius 2 is 2.13 bits per heavy atom. The van der Waals surface area contributed by atoms with Crippen LogP contribution in [-0.4, -0.2) is 44.5 Å². The summed E-state index contributed by atoms with van der Waals surface area (Å²) in [5.41, 5.74) is 0. The molecule has 0 saturated carbocycles. The lowest BCUT2D eigenvalue weighted by atomic mass is 10.1. The zero-order valence-corrected chi connectivity index (χ0v) is 9.00. The van der Waals surface area contributed by atoms with Crippen molar-refractivity contribution in [3.63, 3.8) is 0 Å². The number of anilines is 1. The van der Waals surface area contributed by atoms with Gasteiger partial charge in [0.25, 0.3) is 5.95 Å². The van der Waals surface area contributed by atoms with Crippen molar-refractivity contribution in [2.75, 3.05) is 18.0 Å². The van der Waals surface area contributed by atoms with E-state index >= 15 is 0 Å². The lowest BCUT2D eigenvalue weighted by Gasteiger charge is -2.27. The summed E-state index contributed by atoms with van der Waals surface area (Å²) < 4.78 is 0. The van der Waals surface area contributed by atoms with Crippen molar-refractivity contribution in [1.82, 2.24) is 20.2 Å². The summed E-state index contributed by atoms with van der Waals surface area (Å²) in [5.74, 6) is 0.690. The van der Waals surface area contributed by atoms with Crippen LogP contribution in [0.15, 0.2) is 0 Å². The molecule has 2 rings (SSSR count). The fraction of sp³-hybridized carbons (Fsp3) is 0.889. The molecule has 2 heterocycles. The van der Waals surface area contributed by atoms with Crippen molar-refractivity contribution < 1.29 is 5.11 Å². The molecule has 0 aliphatic carbocycles. The van der Waals surface area contributed by atoms with Gasteiger partial charge >= 0.3 is 0 Å². The van der Waals surface area contributed by atoms with Crippen molar-refractivity contribution >= 4 is 5.95 Å². The van der Waals surface area contributed by atoms with Crippen LogP contribution in [0.25, 0.3) is 0 Å². The van der Waals surface area contributed by atoms with Gasteiger partial charge in [-0.2, -0.15) is 4.80 Å². The highest BCUT2D eigenvalue weighted by atomic mass is 16.3. The molecule has 6 heteroatoms. The van der Waals surface area contributed by atoms with Gasteiger partial charge in [-0.05, 0) is 24.5 Å². The third-order valence-electron chi connectivity index (χ3n) is 2.61. The minimum absolute atomic E-state index is 0.160. The zero-order chi connectivity index (χ0) is 10.7. The number of aliphatic hydroxyl groups is 1. The normalized spacial score (nSPS) is 18.4. The summed E-state index contributed by atoms with van der Waals surface area (Å²) in [4.78, 5) is 3.70. The van der Waals surface area contributed by atoms with Crippen LogP contribution < -0.4 is 4.90 Å². The first-order valence-corrected chi connectivity index (χ1v) is 5.50. The number of tetrazole rings is 1. The van der Waals surface area contributed by atoms with Gasteiger partial charge in [0.15, 0.2) is 0 Å². The Bertz CT molecular complexity index is 305. The highest BCUT2D eigenvalue weighted by Gasteiger charge is 2.20. The van der Waals surface area contributed by atoms with Crippen LogP contribution in [0.5, 0.6) is 0 Å². The van der Waals surface area contributed by atoms with Crippen LogP contribution in [0.3, 0.4) is 0 Å². The maximum absolute atomic E-state index is 9.37. The van der Waals surface area contributed by atoms with Gasteiger partial charge in [-0.25, -0.2) is 0 Å². The predicted molar refractivity (Wildman–Crippen MR) is 55.6 cm³/mol. The highest BCUT2D eigenvalue weighted by Crippen LogP contribution is 2.14.